The van der Waals surface area contributed by atoms with Gasteiger partial charge in [0.2, 0.25) is 5.88 Å². The summed E-state index contributed by atoms with van der Waals surface area (Å²) in [5.41, 5.74) is 0. The quantitative estimate of drug-likeness (QED) is 0.636. The van der Waals surface area contributed by atoms with Gasteiger partial charge in [0.1, 0.15) is 12.1 Å². The van der Waals surface area contributed by atoms with Crippen molar-refractivity contribution < 1.29 is 14.2 Å². The lowest BCUT2D eigenvalue weighted by Gasteiger charge is -2.08. The van der Waals surface area contributed by atoms with Gasteiger partial charge in [0.25, 0.3) is 0 Å². The van der Waals surface area contributed by atoms with E-state index in [1.165, 1.54) is 6.33 Å². The number of hydrogen-bond donors (Lipinski definition) is 1. The molecule has 0 saturated heterocycles. The van der Waals surface area contributed by atoms with Crippen LogP contribution in [0.1, 0.15) is 13.3 Å². The first-order valence-corrected chi connectivity index (χ1v) is 6.12. The second-order valence-electron chi connectivity index (χ2n) is 3.62. The third kappa shape index (κ3) is 6.36. The highest BCUT2D eigenvalue weighted by Gasteiger charge is 1.98. The van der Waals surface area contributed by atoms with Gasteiger partial charge in [0, 0.05) is 19.7 Å². The lowest BCUT2D eigenvalue weighted by atomic mass is 10.5. The minimum absolute atomic E-state index is 0.592. The van der Waals surface area contributed by atoms with E-state index < -0.39 is 0 Å². The van der Waals surface area contributed by atoms with E-state index >= 15 is 0 Å². The molecule has 102 valence electrons. The van der Waals surface area contributed by atoms with Crippen LogP contribution in [-0.4, -0.2) is 50.1 Å². The summed E-state index contributed by atoms with van der Waals surface area (Å²) in [6.45, 7) is 5.23. The highest BCUT2D eigenvalue weighted by molar-refractivity contribution is 5.36. The van der Waals surface area contributed by atoms with E-state index in [0.717, 1.165) is 12.2 Å². The van der Waals surface area contributed by atoms with Crippen LogP contribution in [-0.2, 0) is 9.47 Å². The van der Waals surface area contributed by atoms with Crippen LogP contribution in [0, 0.1) is 0 Å². The molecule has 0 fully saturated rings. The molecule has 0 saturated carbocycles. The normalized spacial score (nSPS) is 10.3. The Morgan fingerprint density at radius 2 is 2.06 bits per heavy atom. The Hall–Kier alpha value is -1.40. The molecular formula is C12H21N3O3. The molecule has 0 atom stereocenters. The molecule has 0 radical (unpaired) electrons. The monoisotopic (exact) mass is 255 g/mol. The SMILES string of the molecule is CCCOc1cc(NCCOCCOC)ncn1. The maximum Gasteiger partial charge on any atom is 0.218 e. The number of anilines is 1. The van der Waals surface area contributed by atoms with Gasteiger partial charge in [-0.15, -0.1) is 0 Å². The predicted molar refractivity (Wildman–Crippen MR) is 69.0 cm³/mol. The maximum absolute atomic E-state index is 5.42. The highest BCUT2D eigenvalue weighted by Crippen LogP contribution is 2.10. The average molecular weight is 255 g/mol. The zero-order chi connectivity index (χ0) is 13.1. The van der Waals surface area contributed by atoms with Crippen LogP contribution in [0.2, 0.25) is 0 Å². The summed E-state index contributed by atoms with van der Waals surface area (Å²) in [6.07, 6.45) is 2.44. The fourth-order valence-corrected chi connectivity index (χ4v) is 1.22. The van der Waals surface area contributed by atoms with Crippen LogP contribution in [0.25, 0.3) is 0 Å². The predicted octanol–water partition coefficient (Wildman–Crippen LogP) is 1.34. The topological polar surface area (TPSA) is 65.5 Å². The minimum atomic E-state index is 0.592. The second-order valence-corrected chi connectivity index (χ2v) is 3.62. The molecule has 0 spiro atoms. The first kappa shape index (κ1) is 14.7. The van der Waals surface area contributed by atoms with E-state index in [1.54, 1.807) is 13.2 Å². The van der Waals surface area contributed by atoms with Crippen molar-refractivity contribution in [3.05, 3.63) is 12.4 Å². The number of methoxy groups -OCH3 is 1. The van der Waals surface area contributed by atoms with Crippen molar-refractivity contribution in [2.75, 3.05) is 45.4 Å². The Bertz CT molecular complexity index is 323. The van der Waals surface area contributed by atoms with E-state index in [2.05, 4.69) is 22.2 Å². The molecule has 0 amide bonds. The van der Waals surface area contributed by atoms with E-state index in [-0.39, 0.29) is 0 Å². The maximum atomic E-state index is 5.42. The fourth-order valence-electron chi connectivity index (χ4n) is 1.22. The number of rotatable bonds is 10. The lowest BCUT2D eigenvalue weighted by Crippen LogP contribution is -2.12. The van der Waals surface area contributed by atoms with Gasteiger partial charge in [-0.3, -0.25) is 0 Å². The zero-order valence-electron chi connectivity index (χ0n) is 11.0. The largest absolute Gasteiger partial charge is 0.478 e. The number of nitrogens with one attached hydrogen (secondary N) is 1. The van der Waals surface area contributed by atoms with Crippen molar-refractivity contribution >= 4 is 5.82 Å². The molecule has 1 N–H and O–H groups in total. The average Bonchev–Trinajstić information content (AvgIpc) is 2.41. The summed E-state index contributed by atoms with van der Waals surface area (Å²) in [5, 5.41) is 3.14. The van der Waals surface area contributed by atoms with Gasteiger partial charge in [-0.1, -0.05) is 6.92 Å². The number of aromatic nitrogens is 2. The molecule has 1 aromatic heterocycles. The Morgan fingerprint density at radius 3 is 2.83 bits per heavy atom. The lowest BCUT2D eigenvalue weighted by molar-refractivity contribution is 0.0759. The van der Waals surface area contributed by atoms with Crippen LogP contribution in [0.15, 0.2) is 12.4 Å². The van der Waals surface area contributed by atoms with Crippen LogP contribution >= 0.6 is 0 Å². The van der Waals surface area contributed by atoms with Gasteiger partial charge < -0.3 is 19.5 Å². The summed E-state index contributed by atoms with van der Waals surface area (Å²) in [5.74, 6) is 1.33. The summed E-state index contributed by atoms with van der Waals surface area (Å²) < 4.78 is 15.6. The van der Waals surface area contributed by atoms with Crippen molar-refractivity contribution in [2.45, 2.75) is 13.3 Å². The van der Waals surface area contributed by atoms with Crippen molar-refractivity contribution in [2.24, 2.45) is 0 Å². The molecule has 1 rings (SSSR count). The first-order valence-electron chi connectivity index (χ1n) is 6.12. The summed E-state index contributed by atoms with van der Waals surface area (Å²) >= 11 is 0. The molecule has 0 bridgehead atoms. The van der Waals surface area contributed by atoms with E-state index in [0.29, 0.717) is 38.9 Å². The molecule has 6 heteroatoms. The Morgan fingerprint density at radius 1 is 1.17 bits per heavy atom. The van der Waals surface area contributed by atoms with Crippen LogP contribution in [0.3, 0.4) is 0 Å². The van der Waals surface area contributed by atoms with E-state index in [9.17, 15) is 0 Å². The standard InChI is InChI=1S/C12H21N3O3/c1-3-5-18-12-9-11(14-10-15-12)13-4-6-17-8-7-16-2/h9-10H,3-8H2,1-2H3,(H,13,14,15). The zero-order valence-corrected chi connectivity index (χ0v) is 11.0. The highest BCUT2D eigenvalue weighted by atomic mass is 16.5. The molecular weight excluding hydrogens is 234 g/mol. The van der Waals surface area contributed by atoms with Crippen molar-refractivity contribution in [3.8, 4) is 5.88 Å². The van der Waals surface area contributed by atoms with Gasteiger partial charge >= 0.3 is 0 Å². The third-order valence-corrected chi connectivity index (χ3v) is 2.08. The summed E-state index contributed by atoms with van der Waals surface area (Å²) in [7, 11) is 1.65. The fraction of sp³-hybridized carbons (Fsp3) is 0.667. The van der Waals surface area contributed by atoms with Crippen LogP contribution < -0.4 is 10.1 Å². The molecule has 6 nitrogen and oxygen atoms in total. The first-order chi connectivity index (χ1) is 8.86. The molecule has 0 aromatic carbocycles. The molecule has 0 aliphatic heterocycles. The molecule has 1 aromatic rings. The van der Waals surface area contributed by atoms with E-state index in [4.69, 9.17) is 14.2 Å². The Balaban J connectivity index is 2.20. The Kier molecular flexibility index (Phi) is 7.83. The van der Waals surface area contributed by atoms with Gasteiger partial charge in [-0.05, 0) is 6.42 Å². The molecule has 1 heterocycles. The molecule has 18 heavy (non-hydrogen) atoms. The van der Waals surface area contributed by atoms with Crippen molar-refractivity contribution in [3.63, 3.8) is 0 Å². The molecule has 0 aliphatic rings. The van der Waals surface area contributed by atoms with E-state index in [1.807, 2.05) is 0 Å². The third-order valence-electron chi connectivity index (χ3n) is 2.08. The van der Waals surface area contributed by atoms with Crippen molar-refractivity contribution in [1.29, 1.82) is 0 Å². The minimum Gasteiger partial charge on any atom is -0.478 e. The van der Waals surface area contributed by atoms with Gasteiger partial charge in [0.05, 0.1) is 26.4 Å². The van der Waals surface area contributed by atoms with Gasteiger partial charge in [-0.25, -0.2) is 9.97 Å². The molecule has 0 aliphatic carbocycles. The van der Waals surface area contributed by atoms with Gasteiger partial charge in [0.15, 0.2) is 0 Å². The summed E-state index contributed by atoms with van der Waals surface area (Å²) in [6, 6.07) is 1.78. The smallest absolute Gasteiger partial charge is 0.218 e. The van der Waals surface area contributed by atoms with Crippen LogP contribution in [0.4, 0.5) is 5.82 Å². The number of nitrogens with zero attached hydrogens (tertiary/aromatic N) is 2. The van der Waals surface area contributed by atoms with Crippen molar-refractivity contribution in [1.82, 2.24) is 9.97 Å². The molecule has 0 unspecified atom stereocenters. The van der Waals surface area contributed by atoms with Crippen LogP contribution in [0.5, 0.6) is 5.88 Å². The Labute approximate surface area is 108 Å². The second kappa shape index (κ2) is 9.61. The number of ether oxygens (including phenoxy) is 3. The number of hydrogen-bond acceptors (Lipinski definition) is 6. The van der Waals surface area contributed by atoms with Gasteiger partial charge in [-0.2, -0.15) is 0 Å². The summed E-state index contributed by atoms with van der Waals surface area (Å²) in [4.78, 5) is 8.12.